The summed E-state index contributed by atoms with van der Waals surface area (Å²) in [4.78, 5) is 4.33. The van der Waals surface area contributed by atoms with Gasteiger partial charge in [-0.05, 0) is 33.1 Å². The quantitative estimate of drug-likeness (QED) is 0.836. The third-order valence-electron chi connectivity index (χ3n) is 3.36. The highest BCUT2D eigenvalue weighted by atomic mass is 16.5. The number of nitrogens with zero attached hydrogens (tertiary/aromatic N) is 3. The zero-order valence-electron chi connectivity index (χ0n) is 10.1. The molecule has 0 bridgehead atoms. The number of methoxy groups -OCH3 is 1. The van der Waals surface area contributed by atoms with Gasteiger partial charge in [0.25, 0.3) is 0 Å². The van der Waals surface area contributed by atoms with Crippen LogP contribution in [0.15, 0.2) is 0 Å². The second-order valence-electron chi connectivity index (χ2n) is 4.40. The highest BCUT2D eigenvalue weighted by Crippen LogP contribution is 2.34. The van der Waals surface area contributed by atoms with Crippen LogP contribution in [0.25, 0.3) is 0 Å². The number of hydrogen-bond donors (Lipinski definition) is 1. The predicted octanol–water partition coefficient (Wildman–Crippen LogP) is 1.47. The van der Waals surface area contributed by atoms with E-state index >= 15 is 0 Å². The number of aryl methyl sites for hydroxylation is 2. The fourth-order valence-electron chi connectivity index (χ4n) is 1.80. The van der Waals surface area contributed by atoms with Gasteiger partial charge < -0.3 is 10.1 Å². The molecule has 1 N–H and O–H groups in total. The molecule has 0 unspecified atom stereocenters. The molecule has 0 spiro atoms. The van der Waals surface area contributed by atoms with Crippen LogP contribution in [-0.4, -0.2) is 34.4 Å². The largest absolute Gasteiger partial charge is 0.376 e. The molecular formula is C11H18N4O. The van der Waals surface area contributed by atoms with Crippen LogP contribution in [0.4, 0.5) is 5.95 Å². The van der Waals surface area contributed by atoms with Gasteiger partial charge in [-0.25, -0.2) is 4.98 Å². The lowest BCUT2D eigenvalue weighted by Crippen LogP contribution is -2.45. The van der Waals surface area contributed by atoms with Gasteiger partial charge in [0.1, 0.15) is 0 Å². The SMILES string of the molecule is COC1(CNc2nnc(C)c(C)n2)CCC1. The first-order valence-electron chi connectivity index (χ1n) is 5.62. The fourth-order valence-corrected chi connectivity index (χ4v) is 1.80. The summed E-state index contributed by atoms with van der Waals surface area (Å²) in [5.74, 6) is 0.589. The molecule has 1 aliphatic carbocycles. The predicted molar refractivity (Wildman–Crippen MR) is 61.4 cm³/mol. The van der Waals surface area contributed by atoms with Crippen molar-refractivity contribution in [2.75, 3.05) is 19.0 Å². The lowest BCUT2D eigenvalue weighted by molar-refractivity contribution is -0.0602. The van der Waals surface area contributed by atoms with E-state index in [0.29, 0.717) is 5.95 Å². The van der Waals surface area contributed by atoms with Gasteiger partial charge in [-0.15, -0.1) is 5.10 Å². The molecule has 0 saturated heterocycles. The third kappa shape index (κ3) is 2.14. The molecule has 1 saturated carbocycles. The molecule has 16 heavy (non-hydrogen) atoms. The molecule has 1 aromatic heterocycles. The zero-order valence-corrected chi connectivity index (χ0v) is 10.1. The average Bonchev–Trinajstić information content (AvgIpc) is 2.22. The lowest BCUT2D eigenvalue weighted by Gasteiger charge is -2.40. The summed E-state index contributed by atoms with van der Waals surface area (Å²) in [6.45, 7) is 4.60. The van der Waals surface area contributed by atoms with Crippen LogP contribution < -0.4 is 5.32 Å². The van der Waals surface area contributed by atoms with Gasteiger partial charge in [0.05, 0.1) is 17.0 Å². The Balaban J connectivity index is 1.96. The number of rotatable bonds is 4. The summed E-state index contributed by atoms with van der Waals surface area (Å²) in [7, 11) is 1.76. The number of hydrogen-bond acceptors (Lipinski definition) is 5. The lowest BCUT2D eigenvalue weighted by atomic mass is 9.80. The molecule has 88 valence electrons. The Hall–Kier alpha value is -1.23. The molecule has 0 atom stereocenters. The number of anilines is 1. The normalized spacial score (nSPS) is 17.9. The van der Waals surface area contributed by atoms with Gasteiger partial charge in [0.2, 0.25) is 5.95 Å². The van der Waals surface area contributed by atoms with Gasteiger partial charge in [-0.2, -0.15) is 5.10 Å². The topological polar surface area (TPSA) is 59.9 Å². The molecule has 0 aromatic carbocycles. The zero-order chi connectivity index (χ0) is 11.6. The van der Waals surface area contributed by atoms with Crippen LogP contribution in [0.3, 0.4) is 0 Å². The second kappa shape index (κ2) is 4.33. The van der Waals surface area contributed by atoms with Gasteiger partial charge >= 0.3 is 0 Å². The van der Waals surface area contributed by atoms with E-state index in [1.807, 2.05) is 13.8 Å². The summed E-state index contributed by atoms with van der Waals surface area (Å²) in [6, 6.07) is 0. The minimum absolute atomic E-state index is 0.0118. The molecule has 0 amide bonds. The Morgan fingerprint density at radius 1 is 1.25 bits per heavy atom. The number of aromatic nitrogens is 3. The van der Waals surface area contributed by atoms with Crippen molar-refractivity contribution in [3.05, 3.63) is 11.4 Å². The highest BCUT2D eigenvalue weighted by molar-refractivity contribution is 5.25. The van der Waals surface area contributed by atoms with Crippen molar-refractivity contribution < 1.29 is 4.74 Å². The van der Waals surface area contributed by atoms with E-state index in [4.69, 9.17) is 4.74 Å². The van der Waals surface area contributed by atoms with E-state index in [-0.39, 0.29) is 5.60 Å². The van der Waals surface area contributed by atoms with Crippen LogP contribution in [-0.2, 0) is 4.74 Å². The molecular weight excluding hydrogens is 204 g/mol. The van der Waals surface area contributed by atoms with Crippen molar-refractivity contribution in [1.29, 1.82) is 0 Å². The maximum Gasteiger partial charge on any atom is 0.243 e. The van der Waals surface area contributed by atoms with Gasteiger partial charge in [-0.3, -0.25) is 0 Å². The fraction of sp³-hybridized carbons (Fsp3) is 0.727. The first-order chi connectivity index (χ1) is 7.65. The molecule has 5 heteroatoms. The first kappa shape index (κ1) is 11.3. The minimum atomic E-state index is -0.0118. The van der Waals surface area contributed by atoms with E-state index in [1.165, 1.54) is 6.42 Å². The molecule has 2 rings (SSSR count). The molecule has 5 nitrogen and oxygen atoms in total. The second-order valence-corrected chi connectivity index (χ2v) is 4.40. The van der Waals surface area contributed by atoms with Crippen LogP contribution in [0.1, 0.15) is 30.7 Å². The minimum Gasteiger partial charge on any atom is -0.376 e. The van der Waals surface area contributed by atoms with Crippen LogP contribution in [0.5, 0.6) is 0 Å². The average molecular weight is 222 g/mol. The molecule has 1 fully saturated rings. The molecule has 1 heterocycles. The standard InChI is InChI=1S/C11H18N4O/c1-8-9(2)14-15-10(13-8)12-7-11(16-3)5-4-6-11/h4-7H2,1-3H3,(H,12,13,15). The van der Waals surface area contributed by atoms with Crippen LogP contribution in [0, 0.1) is 13.8 Å². The molecule has 1 aliphatic rings. The highest BCUT2D eigenvalue weighted by Gasteiger charge is 2.36. The monoisotopic (exact) mass is 222 g/mol. The van der Waals surface area contributed by atoms with E-state index in [0.717, 1.165) is 30.8 Å². The Morgan fingerprint density at radius 3 is 2.50 bits per heavy atom. The van der Waals surface area contributed by atoms with E-state index in [9.17, 15) is 0 Å². The van der Waals surface area contributed by atoms with Crippen molar-refractivity contribution in [1.82, 2.24) is 15.2 Å². The summed E-state index contributed by atoms with van der Waals surface area (Å²) in [6.07, 6.45) is 3.45. The Labute approximate surface area is 95.6 Å². The third-order valence-corrected chi connectivity index (χ3v) is 3.36. The maximum atomic E-state index is 5.51. The number of nitrogens with one attached hydrogen (secondary N) is 1. The van der Waals surface area contributed by atoms with Crippen molar-refractivity contribution in [3.8, 4) is 0 Å². The van der Waals surface area contributed by atoms with Gasteiger partial charge in [0.15, 0.2) is 0 Å². The summed E-state index contributed by atoms with van der Waals surface area (Å²) in [5, 5.41) is 11.2. The van der Waals surface area contributed by atoms with Gasteiger partial charge in [-0.1, -0.05) is 0 Å². The van der Waals surface area contributed by atoms with Crippen molar-refractivity contribution in [2.24, 2.45) is 0 Å². The van der Waals surface area contributed by atoms with E-state index in [1.54, 1.807) is 7.11 Å². The van der Waals surface area contributed by atoms with E-state index in [2.05, 4.69) is 20.5 Å². The van der Waals surface area contributed by atoms with Gasteiger partial charge in [0, 0.05) is 13.7 Å². The summed E-state index contributed by atoms with van der Waals surface area (Å²) in [5.41, 5.74) is 1.77. The Bertz CT molecular complexity index is 371. The van der Waals surface area contributed by atoms with Crippen molar-refractivity contribution >= 4 is 5.95 Å². The van der Waals surface area contributed by atoms with E-state index < -0.39 is 0 Å². The summed E-state index contributed by atoms with van der Waals surface area (Å²) < 4.78 is 5.51. The summed E-state index contributed by atoms with van der Waals surface area (Å²) >= 11 is 0. The van der Waals surface area contributed by atoms with Crippen LogP contribution in [0.2, 0.25) is 0 Å². The van der Waals surface area contributed by atoms with Crippen molar-refractivity contribution in [3.63, 3.8) is 0 Å². The molecule has 1 aromatic rings. The Morgan fingerprint density at radius 2 is 2.00 bits per heavy atom. The first-order valence-corrected chi connectivity index (χ1v) is 5.62. The van der Waals surface area contributed by atoms with Crippen LogP contribution >= 0.6 is 0 Å². The van der Waals surface area contributed by atoms with Crippen molar-refractivity contribution in [2.45, 2.75) is 38.7 Å². The maximum absolute atomic E-state index is 5.51. The Kier molecular flexibility index (Phi) is 3.05. The number of ether oxygens (including phenoxy) is 1. The molecule has 0 radical (unpaired) electrons. The smallest absolute Gasteiger partial charge is 0.243 e. The molecule has 0 aliphatic heterocycles.